The maximum absolute atomic E-state index is 12.3. The third-order valence-electron chi connectivity index (χ3n) is 4.20. The van der Waals surface area contributed by atoms with Crippen LogP contribution in [0, 0.1) is 5.92 Å². The van der Waals surface area contributed by atoms with Gasteiger partial charge in [-0.15, -0.1) is 0 Å². The SMILES string of the molecule is CCOc1ccccc1OC[C@@H]1CN(C(=O)OC(C)C(C)C)CCO1. The summed E-state index contributed by atoms with van der Waals surface area (Å²) in [4.78, 5) is 13.9. The molecule has 0 aromatic heterocycles. The van der Waals surface area contributed by atoms with E-state index in [-0.39, 0.29) is 18.3 Å². The number of rotatable bonds is 7. The molecule has 0 bridgehead atoms. The Morgan fingerprint density at radius 3 is 2.56 bits per heavy atom. The van der Waals surface area contributed by atoms with Gasteiger partial charge in [-0.05, 0) is 31.9 Å². The predicted molar refractivity (Wildman–Crippen MR) is 95.2 cm³/mol. The number of hydrogen-bond acceptors (Lipinski definition) is 5. The zero-order chi connectivity index (χ0) is 18.2. The highest BCUT2D eigenvalue weighted by molar-refractivity contribution is 5.68. The second-order valence-corrected chi connectivity index (χ2v) is 6.46. The number of amides is 1. The Bertz CT molecular complexity index is 548. The normalized spacial score (nSPS) is 18.8. The van der Waals surface area contributed by atoms with Crippen LogP contribution in [-0.2, 0) is 9.47 Å². The van der Waals surface area contributed by atoms with Gasteiger partial charge in [0.05, 0.1) is 19.8 Å². The molecule has 1 aromatic rings. The van der Waals surface area contributed by atoms with E-state index in [1.807, 2.05) is 52.0 Å². The Kier molecular flexibility index (Phi) is 7.37. The molecule has 1 amide bonds. The summed E-state index contributed by atoms with van der Waals surface area (Å²) in [7, 11) is 0. The zero-order valence-corrected chi connectivity index (χ0v) is 15.6. The lowest BCUT2D eigenvalue weighted by atomic mass is 10.1. The van der Waals surface area contributed by atoms with Crippen LogP contribution >= 0.6 is 0 Å². The van der Waals surface area contributed by atoms with Crippen LogP contribution in [0.5, 0.6) is 11.5 Å². The second kappa shape index (κ2) is 9.51. The lowest BCUT2D eigenvalue weighted by Crippen LogP contribution is -2.48. The van der Waals surface area contributed by atoms with Crippen molar-refractivity contribution in [2.45, 2.75) is 39.9 Å². The van der Waals surface area contributed by atoms with Crippen LogP contribution in [0.4, 0.5) is 4.79 Å². The summed E-state index contributed by atoms with van der Waals surface area (Å²) in [6.07, 6.45) is -0.585. The predicted octanol–water partition coefficient (Wildman–Crippen LogP) is 3.35. The highest BCUT2D eigenvalue weighted by Gasteiger charge is 2.27. The molecule has 1 saturated heterocycles. The molecule has 1 aliphatic heterocycles. The fraction of sp³-hybridized carbons (Fsp3) is 0.632. The van der Waals surface area contributed by atoms with E-state index in [0.717, 1.165) is 0 Å². The van der Waals surface area contributed by atoms with E-state index in [0.29, 0.717) is 50.3 Å². The summed E-state index contributed by atoms with van der Waals surface area (Å²) in [6, 6.07) is 7.54. The summed E-state index contributed by atoms with van der Waals surface area (Å²) < 4.78 is 22.6. The topological polar surface area (TPSA) is 57.2 Å². The minimum absolute atomic E-state index is 0.108. The second-order valence-electron chi connectivity index (χ2n) is 6.46. The van der Waals surface area contributed by atoms with E-state index >= 15 is 0 Å². The molecule has 140 valence electrons. The van der Waals surface area contributed by atoms with E-state index in [9.17, 15) is 4.79 Å². The van der Waals surface area contributed by atoms with Crippen molar-refractivity contribution in [3.8, 4) is 11.5 Å². The Morgan fingerprint density at radius 2 is 1.92 bits per heavy atom. The summed E-state index contributed by atoms with van der Waals surface area (Å²) in [5.41, 5.74) is 0. The molecule has 0 N–H and O–H groups in total. The first kappa shape index (κ1) is 19.4. The first-order valence-electron chi connectivity index (χ1n) is 8.93. The molecule has 0 radical (unpaired) electrons. The summed E-state index contributed by atoms with van der Waals surface area (Å²) in [5.74, 6) is 1.68. The number of nitrogens with zero attached hydrogens (tertiary/aromatic N) is 1. The standard InChI is InChI=1S/C19H29NO5/c1-5-22-17-8-6-7-9-18(17)24-13-16-12-20(10-11-23-16)19(21)25-15(4)14(2)3/h6-9,14-16H,5,10-13H2,1-4H3/t15?,16-/m0/s1. The van der Waals surface area contributed by atoms with Gasteiger partial charge in [0.25, 0.3) is 0 Å². The molecule has 1 unspecified atom stereocenters. The van der Waals surface area contributed by atoms with Crippen molar-refractivity contribution in [1.82, 2.24) is 4.90 Å². The number of morpholine rings is 1. The van der Waals surface area contributed by atoms with Gasteiger partial charge in [0.1, 0.15) is 18.8 Å². The van der Waals surface area contributed by atoms with Crippen molar-refractivity contribution in [2.24, 2.45) is 5.92 Å². The molecule has 0 aliphatic carbocycles. The fourth-order valence-corrected chi connectivity index (χ4v) is 2.38. The Hall–Kier alpha value is -1.95. The number of carbonyl (C=O) groups is 1. The molecule has 1 heterocycles. The fourth-order valence-electron chi connectivity index (χ4n) is 2.38. The van der Waals surface area contributed by atoms with Crippen LogP contribution in [-0.4, -0.2) is 56.1 Å². The third-order valence-corrected chi connectivity index (χ3v) is 4.20. The third kappa shape index (κ3) is 5.81. The minimum Gasteiger partial charge on any atom is -0.490 e. The summed E-state index contributed by atoms with van der Waals surface area (Å²) in [5, 5.41) is 0. The van der Waals surface area contributed by atoms with Gasteiger partial charge in [-0.1, -0.05) is 26.0 Å². The van der Waals surface area contributed by atoms with Crippen LogP contribution in [0.2, 0.25) is 0 Å². The van der Waals surface area contributed by atoms with Gasteiger partial charge in [0, 0.05) is 6.54 Å². The smallest absolute Gasteiger partial charge is 0.410 e. The average molecular weight is 351 g/mol. The molecule has 1 aliphatic rings. The number of benzene rings is 1. The van der Waals surface area contributed by atoms with Crippen molar-refractivity contribution >= 4 is 6.09 Å². The lowest BCUT2D eigenvalue weighted by molar-refractivity contribution is -0.0510. The molecule has 6 heteroatoms. The molecule has 2 atom stereocenters. The van der Waals surface area contributed by atoms with Gasteiger partial charge in [-0.25, -0.2) is 4.79 Å². The molecule has 6 nitrogen and oxygen atoms in total. The monoisotopic (exact) mass is 351 g/mol. The molecule has 0 spiro atoms. The van der Waals surface area contributed by atoms with E-state index < -0.39 is 0 Å². The lowest BCUT2D eigenvalue weighted by Gasteiger charge is -2.33. The quantitative estimate of drug-likeness (QED) is 0.754. The molecule has 2 rings (SSSR count). The van der Waals surface area contributed by atoms with E-state index in [2.05, 4.69) is 0 Å². The van der Waals surface area contributed by atoms with Crippen LogP contribution in [0.25, 0.3) is 0 Å². The van der Waals surface area contributed by atoms with Crippen LogP contribution < -0.4 is 9.47 Å². The Balaban J connectivity index is 1.86. The number of carbonyl (C=O) groups excluding carboxylic acids is 1. The van der Waals surface area contributed by atoms with Gasteiger partial charge >= 0.3 is 6.09 Å². The highest BCUT2D eigenvalue weighted by Crippen LogP contribution is 2.26. The Morgan fingerprint density at radius 1 is 1.24 bits per heavy atom. The van der Waals surface area contributed by atoms with Gasteiger partial charge in [-0.2, -0.15) is 0 Å². The number of ether oxygens (including phenoxy) is 4. The number of para-hydroxylation sites is 2. The summed E-state index contributed by atoms with van der Waals surface area (Å²) >= 11 is 0. The van der Waals surface area contributed by atoms with Gasteiger partial charge < -0.3 is 23.8 Å². The molecule has 0 saturated carbocycles. The van der Waals surface area contributed by atoms with Crippen LogP contribution in [0.3, 0.4) is 0 Å². The first-order valence-corrected chi connectivity index (χ1v) is 8.93. The summed E-state index contributed by atoms with van der Waals surface area (Å²) in [6.45, 7) is 10.3. The first-order chi connectivity index (χ1) is 12.0. The number of hydrogen-bond donors (Lipinski definition) is 0. The maximum Gasteiger partial charge on any atom is 0.410 e. The van der Waals surface area contributed by atoms with Gasteiger partial charge in [0.15, 0.2) is 11.5 Å². The molecular formula is C19H29NO5. The minimum atomic E-state index is -0.288. The van der Waals surface area contributed by atoms with E-state index in [4.69, 9.17) is 18.9 Å². The largest absolute Gasteiger partial charge is 0.490 e. The van der Waals surface area contributed by atoms with E-state index in [1.54, 1.807) is 4.90 Å². The maximum atomic E-state index is 12.3. The highest BCUT2D eigenvalue weighted by atomic mass is 16.6. The van der Waals surface area contributed by atoms with Crippen LogP contribution in [0.1, 0.15) is 27.7 Å². The Labute approximate surface area is 150 Å². The van der Waals surface area contributed by atoms with Crippen molar-refractivity contribution in [3.63, 3.8) is 0 Å². The van der Waals surface area contributed by atoms with Gasteiger partial charge in [0.2, 0.25) is 0 Å². The molecule has 1 fully saturated rings. The molecular weight excluding hydrogens is 322 g/mol. The molecule has 1 aromatic carbocycles. The molecule has 25 heavy (non-hydrogen) atoms. The van der Waals surface area contributed by atoms with Crippen molar-refractivity contribution in [2.75, 3.05) is 32.9 Å². The van der Waals surface area contributed by atoms with Crippen molar-refractivity contribution in [1.29, 1.82) is 0 Å². The van der Waals surface area contributed by atoms with Gasteiger partial charge in [-0.3, -0.25) is 0 Å². The van der Waals surface area contributed by atoms with Crippen LogP contribution in [0.15, 0.2) is 24.3 Å². The average Bonchev–Trinajstić information content (AvgIpc) is 2.61. The van der Waals surface area contributed by atoms with Crippen molar-refractivity contribution < 1.29 is 23.7 Å². The van der Waals surface area contributed by atoms with Crippen molar-refractivity contribution in [3.05, 3.63) is 24.3 Å². The van der Waals surface area contributed by atoms with E-state index in [1.165, 1.54) is 0 Å². The zero-order valence-electron chi connectivity index (χ0n) is 15.6.